The Balaban J connectivity index is 2.00. The van der Waals surface area contributed by atoms with Crippen LogP contribution in [0.5, 0.6) is 5.75 Å². The van der Waals surface area contributed by atoms with Crippen LogP contribution in [0, 0.1) is 0 Å². The topological polar surface area (TPSA) is 76.7 Å². The third-order valence-corrected chi connectivity index (χ3v) is 3.38. The summed E-state index contributed by atoms with van der Waals surface area (Å²) in [5.74, 6) is 0.247. The number of benzene rings is 2. The van der Waals surface area contributed by atoms with E-state index in [1.165, 1.54) is 19.2 Å². The quantitative estimate of drug-likeness (QED) is 0.831. The van der Waals surface area contributed by atoms with Crippen LogP contribution in [0.4, 0.5) is 21.0 Å². The van der Waals surface area contributed by atoms with Gasteiger partial charge in [0.25, 0.3) is 0 Å². The highest BCUT2D eigenvalue weighted by molar-refractivity contribution is 6.42. The van der Waals surface area contributed by atoms with Crippen molar-refractivity contribution in [1.29, 1.82) is 0 Å². The van der Waals surface area contributed by atoms with Crippen LogP contribution in [0.2, 0.25) is 10.0 Å². The first-order valence-corrected chi connectivity index (χ1v) is 7.12. The molecule has 0 saturated heterocycles. The number of hydrogen-bond acceptors (Lipinski definition) is 4. The molecule has 0 aromatic heterocycles. The van der Waals surface area contributed by atoms with Gasteiger partial charge in [0, 0.05) is 17.4 Å². The number of nitrogens with one attached hydrogen (secondary N) is 2. The lowest BCUT2D eigenvalue weighted by Gasteiger charge is -2.09. The van der Waals surface area contributed by atoms with E-state index in [2.05, 4.69) is 15.4 Å². The fourth-order valence-electron chi connectivity index (χ4n) is 1.63. The number of methoxy groups -OCH3 is 1. The summed E-state index contributed by atoms with van der Waals surface area (Å²) in [7, 11) is 1.25. The van der Waals surface area contributed by atoms with E-state index in [0.29, 0.717) is 21.4 Å². The summed E-state index contributed by atoms with van der Waals surface area (Å²) >= 11 is 11.7. The van der Waals surface area contributed by atoms with Crippen molar-refractivity contribution < 1.29 is 19.1 Å². The van der Waals surface area contributed by atoms with E-state index < -0.39 is 12.2 Å². The fourth-order valence-corrected chi connectivity index (χ4v) is 1.93. The Morgan fingerprint density at radius 3 is 2.30 bits per heavy atom. The zero-order chi connectivity index (χ0) is 16.8. The fraction of sp³-hybridized carbons (Fsp3) is 0.0667. The molecule has 2 aromatic carbocycles. The normalized spacial score (nSPS) is 9.87. The first kappa shape index (κ1) is 16.9. The monoisotopic (exact) mass is 354 g/mol. The minimum Gasteiger partial charge on any atom is -0.453 e. The number of ether oxygens (including phenoxy) is 2. The van der Waals surface area contributed by atoms with Crippen LogP contribution < -0.4 is 15.4 Å². The van der Waals surface area contributed by atoms with Crippen LogP contribution in [-0.2, 0) is 4.74 Å². The smallest absolute Gasteiger partial charge is 0.417 e. The number of hydrogen-bond donors (Lipinski definition) is 2. The second-order valence-corrected chi connectivity index (χ2v) is 5.10. The molecular weight excluding hydrogens is 343 g/mol. The zero-order valence-electron chi connectivity index (χ0n) is 11.9. The molecule has 0 unspecified atom stereocenters. The summed E-state index contributed by atoms with van der Waals surface area (Å²) in [5, 5.41) is 5.67. The third kappa shape index (κ3) is 5.05. The molecule has 0 spiro atoms. The van der Waals surface area contributed by atoms with Crippen LogP contribution in [0.1, 0.15) is 0 Å². The van der Waals surface area contributed by atoms with E-state index >= 15 is 0 Å². The van der Waals surface area contributed by atoms with Gasteiger partial charge in [0.15, 0.2) is 0 Å². The van der Waals surface area contributed by atoms with Gasteiger partial charge in [-0.15, -0.1) is 0 Å². The Morgan fingerprint density at radius 1 is 0.913 bits per heavy atom. The van der Waals surface area contributed by atoms with Crippen molar-refractivity contribution in [2.24, 2.45) is 0 Å². The van der Waals surface area contributed by atoms with Gasteiger partial charge in [-0.25, -0.2) is 9.59 Å². The molecule has 0 radical (unpaired) electrons. The van der Waals surface area contributed by atoms with Crippen molar-refractivity contribution in [3.8, 4) is 5.75 Å². The molecule has 0 bridgehead atoms. The van der Waals surface area contributed by atoms with Gasteiger partial charge in [0.1, 0.15) is 5.75 Å². The summed E-state index contributed by atoms with van der Waals surface area (Å²) in [5.41, 5.74) is 0.866. The molecule has 2 aromatic rings. The molecule has 0 aliphatic carbocycles. The van der Waals surface area contributed by atoms with E-state index in [-0.39, 0.29) is 5.75 Å². The maximum atomic E-state index is 11.8. The van der Waals surface area contributed by atoms with Gasteiger partial charge in [-0.05, 0) is 30.3 Å². The Morgan fingerprint density at radius 2 is 1.61 bits per heavy atom. The molecule has 6 nitrogen and oxygen atoms in total. The van der Waals surface area contributed by atoms with Crippen molar-refractivity contribution in [2.45, 2.75) is 0 Å². The molecule has 0 aliphatic heterocycles. The molecular formula is C15H12Cl2N2O4. The first-order valence-electron chi connectivity index (χ1n) is 6.37. The van der Waals surface area contributed by atoms with Crippen molar-refractivity contribution in [2.75, 3.05) is 17.7 Å². The molecule has 0 fully saturated rings. The molecule has 0 atom stereocenters. The Kier molecular flexibility index (Phi) is 5.67. The Labute approximate surface area is 142 Å². The molecule has 2 rings (SSSR count). The summed E-state index contributed by atoms with van der Waals surface area (Å²) < 4.78 is 9.61. The van der Waals surface area contributed by atoms with Gasteiger partial charge in [0.2, 0.25) is 0 Å². The Bertz CT molecular complexity index is 737. The van der Waals surface area contributed by atoms with E-state index in [1.807, 2.05) is 0 Å². The van der Waals surface area contributed by atoms with Gasteiger partial charge < -0.3 is 9.47 Å². The SMILES string of the molecule is COC(=O)Nc1cccc(OC(=O)Nc2ccc(Cl)c(Cl)c2)c1. The molecule has 2 N–H and O–H groups in total. The van der Waals surface area contributed by atoms with Crippen LogP contribution in [0.3, 0.4) is 0 Å². The average Bonchev–Trinajstić information content (AvgIpc) is 2.51. The summed E-state index contributed by atoms with van der Waals surface area (Å²) in [6.07, 6.45) is -1.33. The van der Waals surface area contributed by atoms with Crippen LogP contribution in [-0.4, -0.2) is 19.3 Å². The molecule has 120 valence electrons. The minimum atomic E-state index is -0.710. The van der Waals surface area contributed by atoms with Crippen LogP contribution in [0.15, 0.2) is 42.5 Å². The van der Waals surface area contributed by atoms with Crippen molar-refractivity contribution >= 4 is 46.8 Å². The Hall–Kier alpha value is -2.44. The number of carbonyl (C=O) groups is 2. The molecule has 2 amide bonds. The lowest BCUT2D eigenvalue weighted by atomic mass is 10.3. The number of amides is 2. The number of anilines is 2. The van der Waals surface area contributed by atoms with Gasteiger partial charge in [-0.2, -0.15) is 0 Å². The molecule has 0 heterocycles. The standard InChI is InChI=1S/C15H12Cl2N2O4/c1-22-14(20)18-9-3-2-4-11(7-9)23-15(21)19-10-5-6-12(16)13(17)8-10/h2-8H,1H3,(H,18,20)(H,19,21). The van der Waals surface area contributed by atoms with E-state index in [9.17, 15) is 9.59 Å². The molecule has 0 saturated carbocycles. The highest BCUT2D eigenvalue weighted by Crippen LogP contribution is 2.25. The van der Waals surface area contributed by atoms with Crippen molar-refractivity contribution in [1.82, 2.24) is 0 Å². The second-order valence-electron chi connectivity index (χ2n) is 4.29. The predicted molar refractivity (Wildman–Crippen MR) is 88.6 cm³/mol. The second kappa shape index (κ2) is 7.71. The van der Waals surface area contributed by atoms with Gasteiger partial charge in [-0.3, -0.25) is 10.6 Å². The third-order valence-electron chi connectivity index (χ3n) is 2.64. The van der Waals surface area contributed by atoms with Crippen molar-refractivity contribution in [3.05, 3.63) is 52.5 Å². The van der Waals surface area contributed by atoms with Crippen molar-refractivity contribution in [3.63, 3.8) is 0 Å². The zero-order valence-corrected chi connectivity index (χ0v) is 13.4. The average molecular weight is 355 g/mol. The number of halogens is 2. The first-order chi connectivity index (χ1) is 11.0. The maximum Gasteiger partial charge on any atom is 0.417 e. The lowest BCUT2D eigenvalue weighted by molar-refractivity contribution is 0.187. The highest BCUT2D eigenvalue weighted by Gasteiger charge is 2.08. The molecule has 23 heavy (non-hydrogen) atoms. The molecule has 8 heteroatoms. The van der Waals surface area contributed by atoms with E-state index in [1.54, 1.807) is 30.3 Å². The number of rotatable bonds is 3. The van der Waals surface area contributed by atoms with E-state index in [4.69, 9.17) is 27.9 Å². The number of carbonyl (C=O) groups excluding carboxylic acids is 2. The largest absolute Gasteiger partial charge is 0.453 e. The lowest BCUT2D eigenvalue weighted by Crippen LogP contribution is -2.17. The highest BCUT2D eigenvalue weighted by atomic mass is 35.5. The summed E-state index contributed by atoms with van der Waals surface area (Å²) in [4.78, 5) is 23.0. The predicted octanol–water partition coefficient (Wildman–Crippen LogP) is 4.78. The van der Waals surface area contributed by atoms with Crippen LogP contribution >= 0.6 is 23.2 Å². The van der Waals surface area contributed by atoms with Gasteiger partial charge in [-0.1, -0.05) is 29.3 Å². The summed E-state index contributed by atoms with van der Waals surface area (Å²) in [6, 6.07) is 10.9. The van der Waals surface area contributed by atoms with Gasteiger partial charge in [0.05, 0.1) is 17.2 Å². The van der Waals surface area contributed by atoms with Gasteiger partial charge >= 0.3 is 12.2 Å². The molecule has 0 aliphatic rings. The minimum absolute atomic E-state index is 0.247. The van der Waals surface area contributed by atoms with Crippen LogP contribution in [0.25, 0.3) is 0 Å². The maximum absolute atomic E-state index is 11.8. The van der Waals surface area contributed by atoms with E-state index in [0.717, 1.165) is 0 Å². The summed E-state index contributed by atoms with van der Waals surface area (Å²) in [6.45, 7) is 0.